The highest BCUT2D eigenvalue weighted by molar-refractivity contribution is 6.31. The predicted octanol–water partition coefficient (Wildman–Crippen LogP) is 3.22. The Balaban J connectivity index is 1.69. The van der Waals surface area contributed by atoms with Crippen LogP contribution in [0.2, 0.25) is 5.02 Å². The van der Waals surface area contributed by atoms with Gasteiger partial charge in [-0.05, 0) is 24.4 Å². The summed E-state index contributed by atoms with van der Waals surface area (Å²) in [4.78, 5) is 3.33. The SMILES string of the molecule is CN(Cc1c(F)cccc1Cl)Cn1nnc(-c2ccccc2)n1. The van der Waals surface area contributed by atoms with Gasteiger partial charge in [0.05, 0.1) is 0 Å². The predicted molar refractivity (Wildman–Crippen MR) is 86.1 cm³/mol. The van der Waals surface area contributed by atoms with Gasteiger partial charge in [0.25, 0.3) is 0 Å². The summed E-state index contributed by atoms with van der Waals surface area (Å²) in [5.74, 6) is 0.240. The van der Waals surface area contributed by atoms with Crippen molar-refractivity contribution in [1.29, 1.82) is 0 Å². The van der Waals surface area contributed by atoms with E-state index in [0.29, 0.717) is 29.6 Å². The molecule has 3 aromatic rings. The van der Waals surface area contributed by atoms with Crippen LogP contribution in [0.5, 0.6) is 0 Å². The van der Waals surface area contributed by atoms with E-state index in [4.69, 9.17) is 11.6 Å². The van der Waals surface area contributed by atoms with Crippen LogP contribution in [0, 0.1) is 5.82 Å². The molecule has 118 valence electrons. The highest BCUT2D eigenvalue weighted by Gasteiger charge is 2.12. The Hall–Kier alpha value is -2.31. The molecule has 0 saturated heterocycles. The van der Waals surface area contributed by atoms with E-state index in [-0.39, 0.29) is 5.82 Å². The van der Waals surface area contributed by atoms with Crippen LogP contribution >= 0.6 is 11.6 Å². The highest BCUT2D eigenvalue weighted by atomic mass is 35.5. The van der Waals surface area contributed by atoms with E-state index < -0.39 is 0 Å². The van der Waals surface area contributed by atoms with Crippen molar-refractivity contribution in [2.24, 2.45) is 0 Å². The first-order chi connectivity index (χ1) is 11.1. The molecule has 0 unspecified atom stereocenters. The van der Waals surface area contributed by atoms with Gasteiger partial charge < -0.3 is 0 Å². The monoisotopic (exact) mass is 331 g/mol. The Bertz CT molecular complexity index is 770. The number of tetrazole rings is 1. The van der Waals surface area contributed by atoms with Gasteiger partial charge in [-0.3, -0.25) is 4.90 Å². The van der Waals surface area contributed by atoms with Crippen LogP contribution in [0.4, 0.5) is 4.39 Å². The Morgan fingerprint density at radius 2 is 1.91 bits per heavy atom. The van der Waals surface area contributed by atoms with Crippen LogP contribution < -0.4 is 0 Å². The summed E-state index contributed by atoms with van der Waals surface area (Å²) < 4.78 is 13.8. The summed E-state index contributed by atoms with van der Waals surface area (Å²) in [7, 11) is 1.84. The van der Waals surface area contributed by atoms with E-state index in [9.17, 15) is 4.39 Å². The molecule has 0 N–H and O–H groups in total. The van der Waals surface area contributed by atoms with Crippen molar-refractivity contribution in [3.05, 3.63) is 64.9 Å². The molecule has 0 aliphatic rings. The van der Waals surface area contributed by atoms with Crippen LogP contribution in [0.1, 0.15) is 5.56 Å². The fraction of sp³-hybridized carbons (Fsp3) is 0.188. The molecular weight excluding hydrogens is 317 g/mol. The molecule has 0 amide bonds. The average Bonchev–Trinajstić information content (AvgIpc) is 3.00. The summed E-state index contributed by atoms with van der Waals surface area (Å²) in [6.07, 6.45) is 0. The van der Waals surface area contributed by atoms with Gasteiger partial charge in [-0.25, -0.2) is 4.39 Å². The third kappa shape index (κ3) is 3.72. The second-order valence-corrected chi connectivity index (χ2v) is 5.61. The van der Waals surface area contributed by atoms with Crippen molar-refractivity contribution in [3.8, 4) is 11.4 Å². The fourth-order valence-electron chi connectivity index (χ4n) is 2.23. The van der Waals surface area contributed by atoms with Crippen molar-refractivity contribution in [3.63, 3.8) is 0 Å². The van der Waals surface area contributed by atoms with E-state index in [1.165, 1.54) is 10.9 Å². The molecule has 3 rings (SSSR count). The summed E-state index contributed by atoms with van der Waals surface area (Å²) >= 11 is 6.04. The van der Waals surface area contributed by atoms with Crippen LogP contribution in [0.25, 0.3) is 11.4 Å². The number of nitrogens with zero attached hydrogens (tertiary/aromatic N) is 5. The van der Waals surface area contributed by atoms with Crippen molar-refractivity contribution in [1.82, 2.24) is 25.1 Å². The maximum absolute atomic E-state index is 13.8. The van der Waals surface area contributed by atoms with E-state index in [0.717, 1.165) is 5.56 Å². The summed E-state index contributed by atoms with van der Waals surface area (Å²) in [6.45, 7) is 0.734. The lowest BCUT2D eigenvalue weighted by Crippen LogP contribution is -2.24. The maximum Gasteiger partial charge on any atom is 0.204 e. The summed E-state index contributed by atoms with van der Waals surface area (Å²) in [5, 5.41) is 12.8. The minimum absolute atomic E-state index is 0.319. The van der Waals surface area contributed by atoms with E-state index >= 15 is 0 Å². The van der Waals surface area contributed by atoms with E-state index in [1.54, 1.807) is 12.1 Å². The molecule has 1 aromatic heterocycles. The van der Waals surface area contributed by atoms with Crippen molar-refractivity contribution < 1.29 is 4.39 Å². The Morgan fingerprint density at radius 3 is 2.65 bits per heavy atom. The first-order valence-electron chi connectivity index (χ1n) is 7.08. The molecule has 0 bridgehead atoms. The number of rotatable bonds is 5. The number of hydrogen-bond acceptors (Lipinski definition) is 4. The molecule has 7 heteroatoms. The molecule has 0 radical (unpaired) electrons. The van der Waals surface area contributed by atoms with Crippen LogP contribution in [0.3, 0.4) is 0 Å². The first-order valence-corrected chi connectivity index (χ1v) is 7.46. The van der Waals surface area contributed by atoms with Crippen molar-refractivity contribution in [2.45, 2.75) is 13.2 Å². The van der Waals surface area contributed by atoms with Gasteiger partial charge in [0.1, 0.15) is 12.5 Å². The maximum atomic E-state index is 13.8. The molecule has 0 aliphatic carbocycles. The topological polar surface area (TPSA) is 46.8 Å². The molecule has 1 heterocycles. The molecular formula is C16H15ClFN5. The zero-order valence-electron chi connectivity index (χ0n) is 12.5. The third-order valence-electron chi connectivity index (χ3n) is 3.34. The molecule has 0 fully saturated rings. The first kappa shape index (κ1) is 15.6. The van der Waals surface area contributed by atoms with Gasteiger partial charge in [-0.2, -0.15) is 0 Å². The number of aromatic nitrogens is 4. The van der Waals surface area contributed by atoms with Crippen molar-refractivity contribution >= 4 is 11.6 Å². The molecule has 5 nitrogen and oxygen atoms in total. The number of hydrogen-bond donors (Lipinski definition) is 0. The zero-order valence-corrected chi connectivity index (χ0v) is 13.3. The lowest BCUT2D eigenvalue weighted by Gasteiger charge is -2.16. The Morgan fingerprint density at radius 1 is 1.13 bits per heavy atom. The van der Waals surface area contributed by atoms with Gasteiger partial charge in [0.2, 0.25) is 5.82 Å². The van der Waals surface area contributed by atoms with E-state index in [2.05, 4.69) is 15.4 Å². The molecule has 0 aliphatic heterocycles. The normalized spacial score (nSPS) is 11.1. The summed E-state index contributed by atoms with van der Waals surface area (Å²) in [6, 6.07) is 14.3. The zero-order chi connectivity index (χ0) is 16.2. The van der Waals surface area contributed by atoms with Crippen molar-refractivity contribution in [2.75, 3.05) is 7.05 Å². The number of halogens is 2. The standard InChI is InChI=1S/C16H15ClFN5/c1-22(10-13-14(17)8-5-9-15(13)18)11-23-20-16(19-21-23)12-6-3-2-4-7-12/h2-9H,10-11H2,1H3. The average molecular weight is 332 g/mol. The molecule has 23 heavy (non-hydrogen) atoms. The van der Waals surface area contributed by atoms with Gasteiger partial charge in [0.15, 0.2) is 0 Å². The minimum atomic E-state index is -0.319. The second kappa shape index (κ2) is 6.85. The second-order valence-electron chi connectivity index (χ2n) is 5.21. The highest BCUT2D eigenvalue weighted by Crippen LogP contribution is 2.20. The Labute approximate surface area is 138 Å². The molecule has 0 saturated carbocycles. The molecule has 2 aromatic carbocycles. The quantitative estimate of drug-likeness (QED) is 0.720. The lowest BCUT2D eigenvalue weighted by atomic mass is 10.2. The molecule has 0 atom stereocenters. The van der Waals surface area contributed by atoms with E-state index in [1.807, 2.05) is 42.3 Å². The van der Waals surface area contributed by atoms with Gasteiger partial charge in [-0.15, -0.1) is 15.0 Å². The van der Waals surface area contributed by atoms with Crippen LogP contribution in [-0.4, -0.2) is 32.2 Å². The largest absolute Gasteiger partial charge is 0.281 e. The third-order valence-corrected chi connectivity index (χ3v) is 3.70. The van der Waals surface area contributed by atoms with Gasteiger partial charge in [0, 0.05) is 22.7 Å². The van der Waals surface area contributed by atoms with Crippen LogP contribution in [0.15, 0.2) is 48.5 Å². The van der Waals surface area contributed by atoms with Gasteiger partial charge >= 0.3 is 0 Å². The smallest absolute Gasteiger partial charge is 0.204 e. The fourth-order valence-corrected chi connectivity index (χ4v) is 2.45. The van der Waals surface area contributed by atoms with Crippen LogP contribution in [-0.2, 0) is 13.2 Å². The Kier molecular flexibility index (Phi) is 4.64. The summed E-state index contributed by atoms with van der Waals surface area (Å²) in [5.41, 5.74) is 1.36. The minimum Gasteiger partial charge on any atom is -0.281 e. The molecule has 0 spiro atoms. The van der Waals surface area contributed by atoms with Gasteiger partial charge in [-0.1, -0.05) is 48.0 Å². The number of benzene rings is 2. The lowest BCUT2D eigenvalue weighted by molar-refractivity contribution is 0.224.